The first kappa shape index (κ1) is 22.6. The number of Topliss-reactive ketones (excluding diaryl/α,β-unsaturated/α-hetero) is 1. The second-order valence-corrected chi connectivity index (χ2v) is 7.59. The van der Waals surface area contributed by atoms with E-state index in [4.69, 9.17) is 5.11 Å². The number of unbranched alkanes of at least 4 members (excludes halogenated alkanes) is 3. The molecule has 1 fully saturated rings. The maximum Gasteiger partial charge on any atom is 0.303 e. The third-order valence-corrected chi connectivity index (χ3v) is 5.02. The normalized spacial score (nSPS) is 26.0. The number of allylic oxidation sites excluding steroid dienone is 3. The second kappa shape index (κ2) is 11.3. The predicted octanol–water partition coefficient (Wildman–Crippen LogP) is 3.64. The van der Waals surface area contributed by atoms with Crippen molar-refractivity contribution in [2.75, 3.05) is 0 Å². The average molecular weight is 366 g/mol. The van der Waals surface area contributed by atoms with Crippen LogP contribution in [0.1, 0.15) is 71.6 Å². The molecule has 0 radical (unpaired) electrons. The lowest BCUT2D eigenvalue weighted by Gasteiger charge is -2.21. The zero-order chi connectivity index (χ0) is 19.6. The standard InChI is InChI=1S/C21H34O5/c1-3-4-9-13-21(2,26)14-12-17-16(18(22)15-19(17)23)10-7-5-6-8-11-20(24)25/h5,7,12,14,16-18,22,26H,3-4,6,8-11,13,15H2,1-2H3,(H,24,25)/b7-5-,14-12+/t16-,17+,18+,21-/m0/s1. The third kappa shape index (κ3) is 8.28. The average Bonchev–Trinajstić information content (AvgIpc) is 2.82. The van der Waals surface area contributed by atoms with E-state index in [1.165, 1.54) is 0 Å². The Hall–Kier alpha value is -1.46. The largest absolute Gasteiger partial charge is 0.481 e. The summed E-state index contributed by atoms with van der Waals surface area (Å²) in [4.78, 5) is 22.7. The molecule has 5 heteroatoms. The highest BCUT2D eigenvalue weighted by molar-refractivity contribution is 5.86. The van der Waals surface area contributed by atoms with Gasteiger partial charge < -0.3 is 15.3 Å². The summed E-state index contributed by atoms with van der Waals surface area (Å²) in [6.07, 6.45) is 12.6. The van der Waals surface area contributed by atoms with Crippen molar-refractivity contribution in [3.63, 3.8) is 0 Å². The number of rotatable bonds is 12. The van der Waals surface area contributed by atoms with E-state index in [-0.39, 0.29) is 30.5 Å². The van der Waals surface area contributed by atoms with Crippen molar-refractivity contribution in [3.8, 4) is 0 Å². The first-order chi connectivity index (χ1) is 12.3. The molecule has 0 aromatic rings. The fourth-order valence-corrected chi connectivity index (χ4v) is 3.39. The maximum absolute atomic E-state index is 12.2. The molecule has 0 saturated heterocycles. The van der Waals surface area contributed by atoms with Crippen LogP contribution in [-0.2, 0) is 9.59 Å². The van der Waals surface area contributed by atoms with E-state index < -0.39 is 17.7 Å². The number of carboxylic acids is 1. The quantitative estimate of drug-likeness (QED) is 0.362. The fourth-order valence-electron chi connectivity index (χ4n) is 3.39. The summed E-state index contributed by atoms with van der Waals surface area (Å²) in [5, 5.41) is 29.2. The van der Waals surface area contributed by atoms with Gasteiger partial charge in [-0.05, 0) is 32.6 Å². The van der Waals surface area contributed by atoms with Gasteiger partial charge in [0.25, 0.3) is 0 Å². The topological polar surface area (TPSA) is 94.8 Å². The zero-order valence-corrected chi connectivity index (χ0v) is 16.1. The number of hydrogen-bond acceptors (Lipinski definition) is 4. The van der Waals surface area contributed by atoms with Gasteiger partial charge in [-0.1, -0.05) is 50.5 Å². The van der Waals surface area contributed by atoms with Crippen molar-refractivity contribution in [1.82, 2.24) is 0 Å². The molecule has 5 nitrogen and oxygen atoms in total. The van der Waals surface area contributed by atoms with Gasteiger partial charge in [-0.2, -0.15) is 0 Å². The molecule has 1 aliphatic rings. The number of carbonyl (C=O) groups excluding carboxylic acids is 1. The molecule has 1 aliphatic carbocycles. The van der Waals surface area contributed by atoms with E-state index in [0.717, 1.165) is 19.3 Å². The van der Waals surface area contributed by atoms with Crippen molar-refractivity contribution >= 4 is 11.8 Å². The Labute approximate surface area is 156 Å². The molecule has 148 valence electrons. The molecular formula is C21H34O5. The van der Waals surface area contributed by atoms with Gasteiger partial charge in [0, 0.05) is 24.7 Å². The van der Waals surface area contributed by atoms with Crippen LogP contribution < -0.4 is 0 Å². The summed E-state index contributed by atoms with van der Waals surface area (Å²) >= 11 is 0. The molecule has 0 spiro atoms. The van der Waals surface area contributed by atoms with E-state index in [0.29, 0.717) is 25.7 Å². The second-order valence-electron chi connectivity index (χ2n) is 7.59. The van der Waals surface area contributed by atoms with E-state index in [2.05, 4.69) is 6.92 Å². The summed E-state index contributed by atoms with van der Waals surface area (Å²) in [5.41, 5.74) is -0.930. The Morgan fingerprint density at radius 1 is 1.27 bits per heavy atom. The molecular weight excluding hydrogens is 332 g/mol. The minimum atomic E-state index is -0.930. The minimum absolute atomic E-state index is 0.0161. The summed E-state index contributed by atoms with van der Waals surface area (Å²) in [5.74, 6) is -1.33. The molecule has 26 heavy (non-hydrogen) atoms. The summed E-state index contributed by atoms with van der Waals surface area (Å²) in [6.45, 7) is 3.87. The molecule has 1 saturated carbocycles. The van der Waals surface area contributed by atoms with Crippen LogP contribution in [0.4, 0.5) is 0 Å². The van der Waals surface area contributed by atoms with Crippen molar-refractivity contribution in [2.24, 2.45) is 11.8 Å². The van der Waals surface area contributed by atoms with Crippen LogP contribution in [-0.4, -0.2) is 38.8 Å². The fraction of sp³-hybridized carbons (Fsp3) is 0.714. The Kier molecular flexibility index (Phi) is 9.81. The molecule has 0 amide bonds. The van der Waals surface area contributed by atoms with E-state index in [1.54, 1.807) is 19.1 Å². The SMILES string of the molecule is CCCCC[C@](C)(O)/C=C/[C@H]1C(=O)C[C@@H](O)[C@H]1C/C=C\CCCC(=O)O. The highest BCUT2D eigenvalue weighted by atomic mass is 16.4. The number of carbonyl (C=O) groups is 2. The summed E-state index contributed by atoms with van der Waals surface area (Å²) in [6, 6.07) is 0. The van der Waals surface area contributed by atoms with Gasteiger partial charge in [-0.3, -0.25) is 9.59 Å². The Morgan fingerprint density at radius 2 is 2.00 bits per heavy atom. The van der Waals surface area contributed by atoms with Gasteiger partial charge in [-0.15, -0.1) is 0 Å². The Balaban J connectivity index is 2.58. The van der Waals surface area contributed by atoms with Crippen LogP contribution >= 0.6 is 0 Å². The molecule has 3 N–H and O–H groups in total. The molecule has 4 atom stereocenters. The van der Waals surface area contributed by atoms with Crippen molar-refractivity contribution < 1.29 is 24.9 Å². The van der Waals surface area contributed by atoms with Crippen molar-refractivity contribution in [1.29, 1.82) is 0 Å². The van der Waals surface area contributed by atoms with Crippen molar-refractivity contribution in [3.05, 3.63) is 24.3 Å². The van der Waals surface area contributed by atoms with Gasteiger partial charge in [0.2, 0.25) is 0 Å². The van der Waals surface area contributed by atoms with Crippen molar-refractivity contribution in [2.45, 2.75) is 83.3 Å². The lowest BCUT2D eigenvalue weighted by molar-refractivity contribution is -0.137. The molecule has 0 aliphatic heterocycles. The van der Waals surface area contributed by atoms with Crippen LogP contribution in [0.2, 0.25) is 0 Å². The number of aliphatic hydroxyl groups is 2. The molecule has 0 heterocycles. The van der Waals surface area contributed by atoms with Crippen LogP contribution in [0.5, 0.6) is 0 Å². The van der Waals surface area contributed by atoms with Gasteiger partial charge >= 0.3 is 5.97 Å². The monoisotopic (exact) mass is 366 g/mol. The molecule has 0 bridgehead atoms. The Morgan fingerprint density at radius 3 is 2.65 bits per heavy atom. The van der Waals surface area contributed by atoms with Crippen LogP contribution in [0.25, 0.3) is 0 Å². The number of carboxylic acid groups (broad SMARTS) is 1. The predicted molar refractivity (Wildman–Crippen MR) is 102 cm³/mol. The van der Waals surface area contributed by atoms with Gasteiger partial charge in [0.1, 0.15) is 5.78 Å². The smallest absolute Gasteiger partial charge is 0.303 e. The lowest BCUT2D eigenvalue weighted by atomic mass is 9.88. The molecule has 1 rings (SSSR count). The third-order valence-electron chi connectivity index (χ3n) is 5.02. The number of hydrogen-bond donors (Lipinski definition) is 3. The van der Waals surface area contributed by atoms with Crippen LogP contribution in [0, 0.1) is 11.8 Å². The Bertz CT molecular complexity index is 507. The summed E-state index contributed by atoms with van der Waals surface area (Å²) in [7, 11) is 0. The van der Waals surface area contributed by atoms with Gasteiger partial charge in [-0.25, -0.2) is 0 Å². The molecule has 0 aromatic carbocycles. The first-order valence-corrected chi connectivity index (χ1v) is 9.76. The number of aliphatic carboxylic acids is 1. The molecule has 0 unspecified atom stereocenters. The maximum atomic E-state index is 12.2. The number of aliphatic hydroxyl groups excluding tert-OH is 1. The van der Waals surface area contributed by atoms with Crippen LogP contribution in [0.3, 0.4) is 0 Å². The van der Waals surface area contributed by atoms with Gasteiger partial charge in [0.05, 0.1) is 11.7 Å². The minimum Gasteiger partial charge on any atom is -0.481 e. The highest BCUT2D eigenvalue weighted by Crippen LogP contribution is 2.34. The first-order valence-electron chi connectivity index (χ1n) is 9.76. The van der Waals surface area contributed by atoms with E-state index in [9.17, 15) is 19.8 Å². The summed E-state index contributed by atoms with van der Waals surface area (Å²) < 4.78 is 0. The zero-order valence-electron chi connectivity index (χ0n) is 16.1. The van der Waals surface area contributed by atoms with E-state index >= 15 is 0 Å². The lowest BCUT2D eigenvalue weighted by Crippen LogP contribution is -2.23. The number of ketones is 1. The van der Waals surface area contributed by atoms with Gasteiger partial charge in [0.15, 0.2) is 0 Å². The molecule has 0 aromatic heterocycles. The van der Waals surface area contributed by atoms with Crippen LogP contribution in [0.15, 0.2) is 24.3 Å². The van der Waals surface area contributed by atoms with E-state index in [1.807, 2.05) is 12.2 Å². The highest BCUT2D eigenvalue weighted by Gasteiger charge is 2.39.